The van der Waals surface area contributed by atoms with Crippen LogP contribution in [0.25, 0.3) is 0 Å². The SMILES string of the molecule is CC(C)c1cc2c(cc1C(CC(=O)O)C1CC1)OCCCO2. The Morgan fingerprint density at radius 1 is 1.18 bits per heavy atom. The van der Waals surface area contributed by atoms with Gasteiger partial charge in [0.25, 0.3) is 0 Å². The standard InChI is InChI=1S/C18H24O4/c1-11(2)13-8-16-17(22-7-3-6-21-16)9-15(13)14(10-18(19)20)12-4-5-12/h8-9,11-12,14H,3-7,10H2,1-2H3,(H,19,20). The minimum atomic E-state index is -0.723. The first-order valence-electron chi connectivity index (χ1n) is 8.21. The lowest BCUT2D eigenvalue weighted by atomic mass is 9.84. The maximum Gasteiger partial charge on any atom is 0.303 e. The highest BCUT2D eigenvalue weighted by Gasteiger charge is 2.36. The molecule has 2 aliphatic rings. The highest BCUT2D eigenvalue weighted by atomic mass is 16.5. The summed E-state index contributed by atoms with van der Waals surface area (Å²) in [7, 11) is 0. The summed E-state index contributed by atoms with van der Waals surface area (Å²) in [6.45, 7) is 5.62. The van der Waals surface area contributed by atoms with Crippen LogP contribution in [0, 0.1) is 5.92 Å². The number of carboxylic acids is 1. The largest absolute Gasteiger partial charge is 0.490 e. The van der Waals surface area contributed by atoms with Gasteiger partial charge in [0, 0.05) is 6.42 Å². The smallest absolute Gasteiger partial charge is 0.303 e. The zero-order valence-corrected chi connectivity index (χ0v) is 13.3. The summed E-state index contributed by atoms with van der Waals surface area (Å²) in [6, 6.07) is 4.11. The van der Waals surface area contributed by atoms with Crippen LogP contribution in [0.5, 0.6) is 11.5 Å². The molecular weight excluding hydrogens is 280 g/mol. The molecule has 1 saturated carbocycles. The van der Waals surface area contributed by atoms with E-state index >= 15 is 0 Å². The Bertz CT molecular complexity index is 560. The van der Waals surface area contributed by atoms with Gasteiger partial charge in [0.1, 0.15) is 0 Å². The molecule has 1 heterocycles. The molecule has 3 rings (SSSR count). The van der Waals surface area contributed by atoms with Crippen molar-refractivity contribution in [2.45, 2.75) is 51.4 Å². The van der Waals surface area contributed by atoms with Crippen LogP contribution in [0.1, 0.15) is 62.5 Å². The van der Waals surface area contributed by atoms with Gasteiger partial charge in [0.2, 0.25) is 0 Å². The summed E-state index contributed by atoms with van der Waals surface area (Å²) in [6.07, 6.45) is 3.33. The van der Waals surface area contributed by atoms with Crippen molar-refractivity contribution in [3.8, 4) is 11.5 Å². The van der Waals surface area contributed by atoms with Gasteiger partial charge in [0.15, 0.2) is 11.5 Å². The third-order valence-corrected chi connectivity index (χ3v) is 4.56. The van der Waals surface area contributed by atoms with Gasteiger partial charge in [-0.1, -0.05) is 13.8 Å². The topological polar surface area (TPSA) is 55.8 Å². The molecule has 22 heavy (non-hydrogen) atoms. The van der Waals surface area contributed by atoms with Gasteiger partial charge in [-0.15, -0.1) is 0 Å². The number of fused-ring (bicyclic) bond motifs is 1. The predicted octanol–water partition coefficient (Wildman–Crippen LogP) is 3.94. The first kappa shape index (κ1) is 15.2. The van der Waals surface area contributed by atoms with Gasteiger partial charge in [-0.25, -0.2) is 0 Å². The van der Waals surface area contributed by atoms with Crippen LogP contribution in [0.3, 0.4) is 0 Å². The Morgan fingerprint density at radius 3 is 2.27 bits per heavy atom. The Hall–Kier alpha value is -1.71. The van der Waals surface area contributed by atoms with E-state index in [4.69, 9.17) is 9.47 Å². The number of carboxylic acid groups (broad SMARTS) is 1. The Morgan fingerprint density at radius 2 is 1.77 bits per heavy atom. The van der Waals surface area contributed by atoms with E-state index < -0.39 is 5.97 Å². The molecular formula is C18H24O4. The second-order valence-corrected chi connectivity index (χ2v) is 6.67. The van der Waals surface area contributed by atoms with E-state index in [-0.39, 0.29) is 12.3 Å². The van der Waals surface area contributed by atoms with Crippen molar-refractivity contribution in [2.24, 2.45) is 5.92 Å². The Kier molecular flexibility index (Phi) is 4.27. The molecule has 1 aliphatic heterocycles. The van der Waals surface area contributed by atoms with Gasteiger partial charge in [-0.2, -0.15) is 0 Å². The van der Waals surface area contributed by atoms with Crippen molar-refractivity contribution in [3.05, 3.63) is 23.3 Å². The van der Waals surface area contributed by atoms with Gasteiger partial charge < -0.3 is 14.6 Å². The third-order valence-electron chi connectivity index (χ3n) is 4.56. The van der Waals surface area contributed by atoms with E-state index in [1.807, 2.05) is 6.07 Å². The van der Waals surface area contributed by atoms with E-state index in [1.165, 1.54) is 5.56 Å². The average Bonchev–Trinajstić information content (AvgIpc) is 3.29. The fourth-order valence-electron chi connectivity index (χ4n) is 3.28. The lowest BCUT2D eigenvalue weighted by Gasteiger charge is -2.23. The van der Waals surface area contributed by atoms with Crippen LogP contribution in [-0.2, 0) is 4.79 Å². The molecule has 0 spiro atoms. The molecule has 1 atom stereocenters. The van der Waals surface area contributed by atoms with Crippen LogP contribution in [0.2, 0.25) is 0 Å². The maximum atomic E-state index is 11.3. The zero-order chi connectivity index (χ0) is 15.7. The summed E-state index contributed by atoms with van der Waals surface area (Å²) in [4.78, 5) is 11.3. The van der Waals surface area contributed by atoms with E-state index in [2.05, 4.69) is 19.9 Å². The molecule has 0 bridgehead atoms. The van der Waals surface area contributed by atoms with Crippen molar-refractivity contribution < 1.29 is 19.4 Å². The number of ether oxygens (including phenoxy) is 2. The van der Waals surface area contributed by atoms with Crippen molar-refractivity contribution in [2.75, 3.05) is 13.2 Å². The number of rotatable bonds is 5. The number of carbonyl (C=O) groups is 1. The first-order chi connectivity index (χ1) is 10.6. The number of hydrogen-bond acceptors (Lipinski definition) is 3. The van der Waals surface area contributed by atoms with Gasteiger partial charge in [-0.05, 0) is 53.9 Å². The van der Waals surface area contributed by atoms with E-state index in [1.54, 1.807) is 0 Å². The fraction of sp³-hybridized carbons (Fsp3) is 0.611. The maximum absolute atomic E-state index is 11.3. The summed E-state index contributed by atoms with van der Waals surface area (Å²) in [5.41, 5.74) is 2.34. The molecule has 0 aromatic heterocycles. The highest BCUT2D eigenvalue weighted by Crippen LogP contribution is 2.48. The summed E-state index contributed by atoms with van der Waals surface area (Å²) in [5, 5.41) is 9.28. The summed E-state index contributed by atoms with van der Waals surface area (Å²) < 4.78 is 11.6. The van der Waals surface area contributed by atoms with E-state index in [0.29, 0.717) is 25.0 Å². The average molecular weight is 304 g/mol. The van der Waals surface area contributed by atoms with E-state index in [9.17, 15) is 9.90 Å². The molecule has 0 saturated heterocycles. The van der Waals surface area contributed by atoms with Crippen molar-refractivity contribution in [1.29, 1.82) is 0 Å². The van der Waals surface area contributed by atoms with Crippen molar-refractivity contribution in [1.82, 2.24) is 0 Å². The summed E-state index contributed by atoms with van der Waals surface area (Å²) >= 11 is 0. The molecule has 0 radical (unpaired) electrons. The van der Waals surface area contributed by atoms with Crippen LogP contribution in [-0.4, -0.2) is 24.3 Å². The molecule has 4 nitrogen and oxygen atoms in total. The predicted molar refractivity (Wildman–Crippen MR) is 83.9 cm³/mol. The first-order valence-corrected chi connectivity index (χ1v) is 8.21. The van der Waals surface area contributed by atoms with Gasteiger partial charge in [0.05, 0.1) is 19.6 Å². The normalized spacial score (nSPS) is 18.9. The van der Waals surface area contributed by atoms with Crippen LogP contribution in [0.4, 0.5) is 0 Å². The molecule has 1 aliphatic carbocycles. The molecule has 1 aromatic carbocycles. The second kappa shape index (κ2) is 6.19. The van der Waals surface area contributed by atoms with Crippen molar-refractivity contribution >= 4 is 5.97 Å². The van der Waals surface area contributed by atoms with E-state index in [0.717, 1.165) is 36.3 Å². The molecule has 1 fully saturated rings. The number of benzene rings is 1. The third kappa shape index (κ3) is 3.21. The second-order valence-electron chi connectivity index (χ2n) is 6.67. The van der Waals surface area contributed by atoms with Crippen molar-refractivity contribution in [3.63, 3.8) is 0 Å². The number of hydrogen-bond donors (Lipinski definition) is 1. The molecule has 1 N–H and O–H groups in total. The highest BCUT2D eigenvalue weighted by molar-refractivity contribution is 5.68. The fourth-order valence-corrected chi connectivity index (χ4v) is 3.28. The van der Waals surface area contributed by atoms with Crippen LogP contribution >= 0.6 is 0 Å². The minimum Gasteiger partial charge on any atom is -0.490 e. The monoisotopic (exact) mass is 304 g/mol. The number of aliphatic carboxylic acids is 1. The Labute approximate surface area is 131 Å². The zero-order valence-electron chi connectivity index (χ0n) is 13.3. The molecule has 1 unspecified atom stereocenters. The lowest BCUT2D eigenvalue weighted by molar-refractivity contribution is -0.137. The lowest BCUT2D eigenvalue weighted by Crippen LogP contribution is -2.12. The molecule has 1 aromatic rings. The summed E-state index contributed by atoms with van der Waals surface area (Å²) in [5.74, 6) is 1.77. The quantitative estimate of drug-likeness (QED) is 0.895. The minimum absolute atomic E-state index is 0.0899. The van der Waals surface area contributed by atoms with Gasteiger partial charge in [-0.3, -0.25) is 4.79 Å². The molecule has 120 valence electrons. The Balaban J connectivity index is 2.03. The van der Waals surface area contributed by atoms with Gasteiger partial charge >= 0.3 is 5.97 Å². The van der Waals surface area contributed by atoms with Crippen LogP contribution in [0.15, 0.2) is 12.1 Å². The molecule has 0 amide bonds. The molecule has 4 heteroatoms. The van der Waals surface area contributed by atoms with Crippen LogP contribution < -0.4 is 9.47 Å².